The molecule has 1 unspecified atom stereocenters. The SMILES string of the molecule is CS(=O)(=O)c1cccc2c1C(=O)N(C(CC1CCCCC1)C(N)=O)C2. The summed E-state index contributed by atoms with van der Waals surface area (Å²) in [6, 6.07) is 4.12. The van der Waals surface area contributed by atoms with Gasteiger partial charge in [0.2, 0.25) is 5.91 Å². The number of fused-ring (bicyclic) bond motifs is 1. The lowest BCUT2D eigenvalue weighted by molar-refractivity contribution is -0.123. The summed E-state index contributed by atoms with van der Waals surface area (Å²) in [6.07, 6.45) is 7.24. The van der Waals surface area contributed by atoms with E-state index in [0.717, 1.165) is 31.9 Å². The first kappa shape index (κ1) is 17.9. The lowest BCUT2D eigenvalue weighted by Crippen LogP contribution is -2.46. The Morgan fingerprint density at radius 2 is 1.96 bits per heavy atom. The van der Waals surface area contributed by atoms with Crippen molar-refractivity contribution in [2.75, 3.05) is 6.26 Å². The van der Waals surface area contributed by atoms with Gasteiger partial charge < -0.3 is 10.6 Å². The van der Waals surface area contributed by atoms with E-state index in [0.29, 0.717) is 17.9 Å². The fourth-order valence-corrected chi connectivity index (χ4v) is 4.96. The van der Waals surface area contributed by atoms with Gasteiger partial charge in [-0.05, 0) is 24.0 Å². The lowest BCUT2D eigenvalue weighted by atomic mass is 9.84. The van der Waals surface area contributed by atoms with Crippen molar-refractivity contribution in [3.8, 4) is 0 Å². The van der Waals surface area contributed by atoms with Gasteiger partial charge in [-0.2, -0.15) is 0 Å². The third kappa shape index (κ3) is 3.56. The quantitative estimate of drug-likeness (QED) is 0.862. The maximum atomic E-state index is 12.9. The maximum Gasteiger partial charge on any atom is 0.256 e. The third-order valence-corrected chi connectivity index (χ3v) is 6.45. The van der Waals surface area contributed by atoms with Crippen LogP contribution >= 0.6 is 0 Å². The van der Waals surface area contributed by atoms with Crippen molar-refractivity contribution < 1.29 is 18.0 Å². The number of carbonyl (C=O) groups excluding carboxylic acids is 2. The van der Waals surface area contributed by atoms with Crippen LogP contribution in [-0.2, 0) is 21.2 Å². The van der Waals surface area contributed by atoms with E-state index in [-0.39, 0.29) is 17.0 Å². The summed E-state index contributed by atoms with van der Waals surface area (Å²) in [7, 11) is -3.52. The highest BCUT2D eigenvalue weighted by Gasteiger charge is 2.39. The molecule has 7 heteroatoms. The molecule has 1 heterocycles. The van der Waals surface area contributed by atoms with Crippen molar-refractivity contribution >= 4 is 21.7 Å². The standard InChI is InChI=1S/C18H24N2O4S/c1-25(23,24)15-9-5-8-13-11-20(18(22)16(13)15)14(17(19)21)10-12-6-3-2-4-7-12/h5,8-9,12,14H,2-4,6-7,10-11H2,1H3,(H2,19,21). The second-order valence-electron chi connectivity index (χ2n) is 7.15. The van der Waals surface area contributed by atoms with Gasteiger partial charge in [-0.15, -0.1) is 0 Å². The average molecular weight is 364 g/mol. The number of primary amides is 1. The number of hydrogen-bond donors (Lipinski definition) is 1. The van der Waals surface area contributed by atoms with Crippen LogP contribution in [0.25, 0.3) is 0 Å². The maximum absolute atomic E-state index is 12.9. The predicted octanol–water partition coefficient (Wildman–Crippen LogP) is 1.87. The lowest BCUT2D eigenvalue weighted by Gasteiger charge is -2.30. The number of carbonyl (C=O) groups is 2. The summed E-state index contributed by atoms with van der Waals surface area (Å²) in [4.78, 5) is 26.4. The van der Waals surface area contributed by atoms with Gasteiger partial charge in [0.25, 0.3) is 5.91 Å². The highest BCUT2D eigenvalue weighted by Crippen LogP contribution is 2.34. The fourth-order valence-electron chi connectivity index (χ4n) is 4.05. The molecule has 6 nitrogen and oxygen atoms in total. The van der Waals surface area contributed by atoms with Crippen LogP contribution in [-0.4, -0.2) is 37.4 Å². The average Bonchev–Trinajstić information content (AvgIpc) is 2.89. The molecule has 1 aliphatic heterocycles. The minimum absolute atomic E-state index is 0.0263. The fraction of sp³-hybridized carbons (Fsp3) is 0.556. The number of hydrogen-bond acceptors (Lipinski definition) is 4. The molecule has 0 aromatic heterocycles. The molecular weight excluding hydrogens is 340 g/mol. The smallest absolute Gasteiger partial charge is 0.256 e. The Morgan fingerprint density at radius 1 is 1.28 bits per heavy atom. The third-order valence-electron chi connectivity index (χ3n) is 5.31. The summed E-state index contributed by atoms with van der Waals surface area (Å²) in [5.41, 5.74) is 6.44. The number of nitrogens with zero attached hydrogens (tertiary/aromatic N) is 1. The van der Waals surface area contributed by atoms with Crippen LogP contribution in [0.2, 0.25) is 0 Å². The van der Waals surface area contributed by atoms with Gasteiger partial charge in [0.05, 0.1) is 10.5 Å². The van der Waals surface area contributed by atoms with Crippen LogP contribution in [0, 0.1) is 5.92 Å². The zero-order chi connectivity index (χ0) is 18.2. The van der Waals surface area contributed by atoms with E-state index < -0.39 is 27.7 Å². The van der Waals surface area contributed by atoms with Crippen molar-refractivity contribution in [1.29, 1.82) is 0 Å². The molecule has 3 rings (SSSR count). The molecule has 0 spiro atoms. The van der Waals surface area contributed by atoms with Crippen LogP contribution in [0.5, 0.6) is 0 Å². The van der Waals surface area contributed by atoms with Gasteiger partial charge in [0.1, 0.15) is 6.04 Å². The van der Waals surface area contributed by atoms with Gasteiger partial charge >= 0.3 is 0 Å². The van der Waals surface area contributed by atoms with Crippen molar-refractivity contribution in [1.82, 2.24) is 4.90 Å². The van der Waals surface area contributed by atoms with E-state index in [1.54, 1.807) is 12.1 Å². The number of nitrogens with two attached hydrogens (primary N) is 1. The van der Waals surface area contributed by atoms with Crippen molar-refractivity contribution in [2.24, 2.45) is 11.7 Å². The Hall–Kier alpha value is -1.89. The normalized spacial score (nSPS) is 19.7. The highest BCUT2D eigenvalue weighted by atomic mass is 32.2. The first-order valence-electron chi connectivity index (χ1n) is 8.71. The van der Waals surface area contributed by atoms with Crippen LogP contribution in [0.1, 0.15) is 54.4 Å². The number of amides is 2. The van der Waals surface area contributed by atoms with E-state index in [4.69, 9.17) is 5.73 Å². The van der Waals surface area contributed by atoms with Crippen LogP contribution in [0.4, 0.5) is 0 Å². The van der Waals surface area contributed by atoms with Crippen LogP contribution in [0.3, 0.4) is 0 Å². The number of benzene rings is 1. The predicted molar refractivity (Wildman–Crippen MR) is 93.6 cm³/mol. The molecule has 1 fully saturated rings. The largest absolute Gasteiger partial charge is 0.368 e. The van der Waals surface area contributed by atoms with E-state index in [2.05, 4.69) is 0 Å². The Bertz CT molecular complexity index is 797. The van der Waals surface area contributed by atoms with Crippen molar-refractivity contribution in [3.63, 3.8) is 0 Å². The molecule has 0 bridgehead atoms. The molecule has 1 aromatic rings. The van der Waals surface area contributed by atoms with Crippen molar-refractivity contribution in [3.05, 3.63) is 29.3 Å². The monoisotopic (exact) mass is 364 g/mol. The summed E-state index contributed by atoms with van der Waals surface area (Å²) >= 11 is 0. The van der Waals surface area contributed by atoms with Crippen molar-refractivity contribution in [2.45, 2.75) is 56.0 Å². The molecule has 1 saturated carbocycles. The summed E-state index contributed by atoms with van der Waals surface area (Å²) in [5, 5.41) is 0. The molecule has 136 valence electrons. The summed E-state index contributed by atoms with van der Waals surface area (Å²) < 4.78 is 24.0. The Labute approximate surface area is 148 Å². The number of sulfone groups is 1. The minimum Gasteiger partial charge on any atom is -0.368 e. The molecule has 1 aromatic carbocycles. The molecule has 2 aliphatic rings. The second-order valence-corrected chi connectivity index (χ2v) is 9.14. The van der Waals surface area contributed by atoms with Gasteiger partial charge in [-0.1, -0.05) is 44.2 Å². The molecule has 1 atom stereocenters. The van der Waals surface area contributed by atoms with Gasteiger partial charge in [-0.3, -0.25) is 9.59 Å². The Morgan fingerprint density at radius 3 is 2.56 bits per heavy atom. The molecule has 1 aliphatic carbocycles. The van der Waals surface area contributed by atoms with E-state index in [1.165, 1.54) is 17.4 Å². The summed E-state index contributed by atoms with van der Waals surface area (Å²) in [6.45, 7) is 0.234. The molecule has 2 N–H and O–H groups in total. The van der Waals surface area contributed by atoms with Gasteiger partial charge in [-0.25, -0.2) is 8.42 Å². The zero-order valence-corrected chi connectivity index (χ0v) is 15.2. The Kier molecular flexibility index (Phi) is 4.86. The molecule has 2 amide bonds. The van der Waals surface area contributed by atoms with E-state index in [9.17, 15) is 18.0 Å². The van der Waals surface area contributed by atoms with E-state index >= 15 is 0 Å². The number of rotatable bonds is 5. The first-order chi connectivity index (χ1) is 11.8. The molecule has 0 radical (unpaired) electrons. The Balaban J connectivity index is 1.89. The van der Waals surface area contributed by atoms with Crippen LogP contribution in [0.15, 0.2) is 23.1 Å². The summed E-state index contributed by atoms with van der Waals surface area (Å²) in [5.74, 6) is -0.541. The van der Waals surface area contributed by atoms with Crippen LogP contribution < -0.4 is 5.73 Å². The molecule has 25 heavy (non-hydrogen) atoms. The highest BCUT2D eigenvalue weighted by molar-refractivity contribution is 7.90. The van der Waals surface area contributed by atoms with Gasteiger partial charge in [0, 0.05) is 12.8 Å². The topological polar surface area (TPSA) is 97.5 Å². The minimum atomic E-state index is -3.52. The van der Waals surface area contributed by atoms with E-state index in [1.807, 2.05) is 0 Å². The first-order valence-corrected chi connectivity index (χ1v) is 10.6. The van der Waals surface area contributed by atoms with Gasteiger partial charge in [0.15, 0.2) is 9.84 Å². The molecule has 0 saturated heterocycles. The second kappa shape index (κ2) is 6.78. The zero-order valence-electron chi connectivity index (χ0n) is 14.4. The molecular formula is C18H24N2O4S.